The molecule has 3 aromatic rings. The van der Waals surface area contributed by atoms with Gasteiger partial charge in [0.25, 0.3) is 5.56 Å². The van der Waals surface area contributed by atoms with Gasteiger partial charge in [0, 0.05) is 16.2 Å². The van der Waals surface area contributed by atoms with Crippen molar-refractivity contribution in [3.8, 4) is 17.3 Å². The second kappa shape index (κ2) is 7.01. The van der Waals surface area contributed by atoms with Gasteiger partial charge < -0.3 is 15.3 Å². The third-order valence-electron chi connectivity index (χ3n) is 4.56. The Bertz CT molecular complexity index is 1190. The lowest BCUT2D eigenvalue weighted by molar-refractivity contribution is 0.401. The monoisotopic (exact) mass is 398 g/mol. The van der Waals surface area contributed by atoms with Crippen LogP contribution in [0.15, 0.2) is 51.1 Å². The molecule has 0 aliphatic carbocycles. The summed E-state index contributed by atoms with van der Waals surface area (Å²) in [5.74, 6) is -0.0851. The lowest BCUT2D eigenvalue weighted by Crippen LogP contribution is -2.33. The minimum Gasteiger partial charge on any atom is -0.495 e. The van der Waals surface area contributed by atoms with E-state index in [0.29, 0.717) is 23.6 Å². The number of benzene rings is 1. The zero-order valence-corrected chi connectivity index (χ0v) is 16.0. The molecule has 28 heavy (non-hydrogen) atoms. The average molecular weight is 398 g/mol. The Morgan fingerprint density at radius 2 is 2.04 bits per heavy atom. The van der Waals surface area contributed by atoms with Crippen LogP contribution < -0.4 is 21.4 Å². The van der Waals surface area contributed by atoms with Crippen LogP contribution in [0, 0.1) is 6.92 Å². The number of hydrogen-bond acceptors (Lipinski definition) is 7. The van der Waals surface area contributed by atoms with Crippen LogP contribution in [-0.2, 0) is 0 Å². The highest BCUT2D eigenvalue weighted by molar-refractivity contribution is 7.12. The highest BCUT2D eigenvalue weighted by Gasteiger charge is 2.28. The number of aryl methyl sites for hydroxylation is 1. The molecule has 4 rings (SSSR count). The number of ether oxygens (including phenoxy) is 1. The van der Waals surface area contributed by atoms with Crippen LogP contribution in [-0.4, -0.2) is 27.5 Å². The standard InChI is InChI=1S/C19H18N4O4S/c1-10-7-8-15(28-10)11-9-12(22-21-11)16-17(24)20-19(26)23(18(16)25)13-5-3-4-6-14(13)27-2/h3-8,11,21,25H,9H2,1-2H3,(H,20,24,26). The zero-order chi connectivity index (χ0) is 19.8. The molecule has 144 valence electrons. The van der Waals surface area contributed by atoms with Crippen LogP contribution in [0.2, 0.25) is 0 Å². The largest absolute Gasteiger partial charge is 0.495 e. The fraction of sp³-hybridized carbons (Fsp3) is 0.211. The van der Waals surface area contributed by atoms with Gasteiger partial charge in [-0.1, -0.05) is 12.1 Å². The first-order valence-corrected chi connectivity index (χ1v) is 9.41. The first kappa shape index (κ1) is 18.1. The molecule has 0 saturated heterocycles. The third kappa shape index (κ3) is 2.99. The molecule has 1 atom stereocenters. The highest BCUT2D eigenvalue weighted by Crippen LogP contribution is 2.31. The number of aromatic nitrogens is 2. The Balaban J connectivity index is 1.79. The number of hydrogen-bond donors (Lipinski definition) is 3. The molecule has 2 aromatic heterocycles. The van der Waals surface area contributed by atoms with Gasteiger partial charge in [-0.3, -0.25) is 9.78 Å². The summed E-state index contributed by atoms with van der Waals surface area (Å²) in [6, 6.07) is 10.7. The molecular weight excluding hydrogens is 380 g/mol. The number of nitrogens with one attached hydrogen (secondary N) is 2. The molecule has 0 saturated carbocycles. The third-order valence-corrected chi connectivity index (χ3v) is 5.67. The van der Waals surface area contributed by atoms with Crippen molar-refractivity contribution in [1.82, 2.24) is 15.0 Å². The molecule has 0 amide bonds. The zero-order valence-electron chi connectivity index (χ0n) is 15.2. The van der Waals surface area contributed by atoms with Gasteiger partial charge in [-0.25, -0.2) is 9.36 Å². The number of nitrogens with zero attached hydrogens (tertiary/aromatic N) is 2. The summed E-state index contributed by atoms with van der Waals surface area (Å²) in [5, 5.41) is 15.1. The van der Waals surface area contributed by atoms with Gasteiger partial charge in [-0.05, 0) is 31.2 Å². The van der Waals surface area contributed by atoms with E-state index < -0.39 is 17.1 Å². The van der Waals surface area contributed by atoms with Gasteiger partial charge in [-0.2, -0.15) is 5.10 Å². The lowest BCUT2D eigenvalue weighted by Gasteiger charge is -2.14. The van der Waals surface area contributed by atoms with E-state index in [1.54, 1.807) is 35.6 Å². The number of methoxy groups -OCH3 is 1. The topological polar surface area (TPSA) is 109 Å². The van der Waals surface area contributed by atoms with Crippen LogP contribution in [0.1, 0.15) is 27.8 Å². The molecule has 1 aliphatic heterocycles. The second-order valence-corrected chi connectivity index (χ2v) is 7.68. The summed E-state index contributed by atoms with van der Waals surface area (Å²) in [5.41, 5.74) is 2.24. The van der Waals surface area contributed by atoms with Crippen LogP contribution in [0.5, 0.6) is 11.6 Å². The first-order valence-electron chi connectivity index (χ1n) is 8.60. The molecule has 3 N–H and O–H groups in total. The van der Waals surface area contributed by atoms with Crippen molar-refractivity contribution in [1.29, 1.82) is 0 Å². The number of aromatic hydroxyl groups is 1. The summed E-state index contributed by atoms with van der Waals surface area (Å²) < 4.78 is 6.29. The van der Waals surface area contributed by atoms with Crippen molar-refractivity contribution >= 4 is 17.0 Å². The van der Waals surface area contributed by atoms with Crippen molar-refractivity contribution in [2.45, 2.75) is 19.4 Å². The van der Waals surface area contributed by atoms with Gasteiger partial charge >= 0.3 is 5.69 Å². The van der Waals surface area contributed by atoms with Crippen molar-refractivity contribution in [2.24, 2.45) is 5.10 Å². The van der Waals surface area contributed by atoms with Crippen molar-refractivity contribution in [3.05, 3.63) is 72.6 Å². The summed E-state index contributed by atoms with van der Waals surface area (Å²) in [7, 11) is 1.46. The van der Waals surface area contributed by atoms with Crippen molar-refractivity contribution in [3.63, 3.8) is 0 Å². The highest BCUT2D eigenvalue weighted by atomic mass is 32.1. The van der Waals surface area contributed by atoms with Crippen LogP contribution in [0.25, 0.3) is 5.69 Å². The molecule has 0 fully saturated rings. The number of H-pyrrole nitrogens is 1. The Morgan fingerprint density at radius 1 is 1.25 bits per heavy atom. The summed E-state index contributed by atoms with van der Waals surface area (Å²) >= 11 is 1.64. The summed E-state index contributed by atoms with van der Waals surface area (Å²) in [4.78, 5) is 29.4. The predicted octanol–water partition coefficient (Wildman–Crippen LogP) is 2.05. The second-order valence-electron chi connectivity index (χ2n) is 6.36. The molecule has 0 radical (unpaired) electrons. The molecule has 8 nitrogen and oxygen atoms in total. The fourth-order valence-electron chi connectivity index (χ4n) is 3.23. The maximum Gasteiger partial charge on any atom is 0.335 e. The van der Waals surface area contributed by atoms with E-state index in [1.165, 1.54) is 12.0 Å². The molecule has 1 aliphatic rings. The molecule has 9 heteroatoms. The van der Waals surface area contributed by atoms with Gasteiger partial charge in [-0.15, -0.1) is 11.3 Å². The van der Waals surface area contributed by atoms with E-state index in [1.807, 2.05) is 19.1 Å². The average Bonchev–Trinajstić information content (AvgIpc) is 3.31. The van der Waals surface area contributed by atoms with Crippen LogP contribution in [0.4, 0.5) is 0 Å². The number of thiophene rings is 1. The number of aromatic amines is 1. The molecule has 3 heterocycles. The van der Waals surface area contributed by atoms with Gasteiger partial charge in [0.1, 0.15) is 11.3 Å². The Hall–Kier alpha value is -3.33. The minimum atomic E-state index is -0.757. The summed E-state index contributed by atoms with van der Waals surface area (Å²) in [6.45, 7) is 2.02. The number of rotatable bonds is 4. The summed E-state index contributed by atoms with van der Waals surface area (Å²) in [6.07, 6.45) is 0.417. The lowest BCUT2D eigenvalue weighted by atomic mass is 10.1. The van der Waals surface area contributed by atoms with E-state index in [9.17, 15) is 14.7 Å². The minimum absolute atomic E-state index is 0.0335. The van der Waals surface area contributed by atoms with Gasteiger partial charge in [0.15, 0.2) is 0 Å². The molecule has 0 spiro atoms. The van der Waals surface area contributed by atoms with E-state index in [4.69, 9.17) is 4.74 Å². The van der Waals surface area contributed by atoms with E-state index in [2.05, 4.69) is 15.5 Å². The van der Waals surface area contributed by atoms with Gasteiger partial charge in [0.05, 0.1) is 24.6 Å². The normalized spacial score (nSPS) is 15.9. The Labute approximate surface area is 163 Å². The first-order chi connectivity index (χ1) is 13.5. The van der Waals surface area contributed by atoms with E-state index in [0.717, 1.165) is 9.44 Å². The van der Waals surface area contributed by atoms with E-state index in [-0.39, 0.29) is 11.6 Å². The Morgan fingerprint density at radius 3 is 2.75 bits per heavy atom. The van der Waals surface area contributed by atoms with Crippen molar-refractivity contribution < 1.29 is 9.84 Å². The Kier molecular flexibility index (Phi) is 4.52. The predicted molar refractivity (Wildman–Crippen MR) is 107 cm³/mol. The SMILES string of the molecule is COc1ccccc1-n1c(O)c(C2=NNC(c3ccc(C)s3)C2)c(=O)[nH]c1=O. The molecular formula is C19H18N4O4S. The quantitative estimate of drug-likeness (QED) is 0.623. The maximum atomic E-state index is 12.5. The van der Waals surface area contributed by atoms with E-state index >= 15 is 0 Å². The van der Waals surface area contributed by atoms with Gasteiger partial charge in [0.2, 0.25) is 5.88 Å². The van der Waals surface area contributed by atoms with Crippen molar-refractivity contribution in [2.75, 3.05) is 7.11 Å². The number of hydrazone groups is 1. The van der Waals surface area contributed by atoms with Crippen LogP contribution >= 0.6 is 11.3 Å². The molecule has 0 bridgehead atoms. The smallest absolute Gasteiger partial charge is 0.335 e. The fourth-order valence-corrected chi connectivity index (χ4v) is 4.15. The molecule has 1 aromatic carbocycles. The van der Waals surface area contributed by atoms with Crippen LogP contribution in [0.3, 0.4) is 0 Å². The molecule has 1 unspecified atom stereocenters. The number of para-hydroxylation sites is 2. The maximum absolute atomic E-state index is 12.5.